The Hall–Kier alpha value is -4.88. The molecule has 6 nitrogen and oxygen atoms in total. The number of rotatable bonds is 3. The first-order valence-corrected chi connectivity index (χ1v) is 14.0. The van der Waals surface area contributed by atoms with Gasteiger partial charge in [-0.25, -0.2) is 9.97 Å². The molecule has 0 radical (unpaired) electrons. The molecule has 9 rings (SSSR count). The van der Waals surface area contributed by atoms with Crippen LogP contribution in [0.5, 0.6) is 0 Å². The second-order valence-electron chi connectivity index (χ2n) is 9.93. The zero-order chi connectivity index (χ0) is 25.5. The van der Waals surface area contributed by atoms with Crippen molar-refractivity contribution in [3.05, 3.63) is 114 Å². The molecule has 0 atom stereocenters. The molecule has 186 valence electrons. The van der Waals surface area contributed by atoms with E-state index in [2.05, 4.69) is 128 Å². The Morgan fingerprint density at radius 1 is 0.667 bits per heavy atom. The average Bonchev–Trinajstić information content (AvgIpc) is 3.78. The molecule has 7 heteroatoms. The summed E-state index contributed by atoms with van der Waals surface area (Å²) in [6.45, 7) is 0.984. The fourth-order valence-electron chi connectivity index (χ4n) is 6.08. The number of benzene rings is 3. The van der Waals surface area contributed by atoms with E-state index < -0.39 is 0 Å². The number of para-hydroxylation sites is 4. The van der Waals surface area contributed by atoms with Crippen LogP contribution >= 0.6 is 11.3 Å². The predicted molar refractivity (Wildman–Crippen MR) is 159 cm³/mol. The lowest BCUT2D eigenvalue weighted by Gasteiger charge is -2.18. The van der Waals surface area contributed by atoms with Crippen molar-refractivity contribution >= 4 is 60.8 Å². The average molecular weight is 523 g/mol. The van der Waals surface area contributed by atoms with E-state index in [9.17, 15) is 0 Å². The summed E-state index contributed by atoms with van der Waals surface area (Å²) in [5.74, 6) is 2.63. The summed E-state index contributed by atoms with van der Waals surface area (Å²) in [4.78, 5) is 15.5. The van der Waals surface area contributed by atoms with Crippen molar-refractivity contribution in [2.24, 2.45) is 0 Å². The Kier molecular flexibility index (Phi) is 4.23. The largest absolute Gasteiger partial charge is 0.338 e. The molecule has 6 heterocycles. The Morgan fingerprint density at radius 2 is 1.44 bits per heavy atom. The van der Waals surface area contributed by atoms with E-state index in [0.29, 0.717) is 0 Å². The maximum Gasteiger partial charge on any atom is 0.222 e. The number of fused-ring (bicyclic) bond motifs is 8. The van der Waals surface area contributed by atoms with Gasteiger partial charge in [-0.15, -0.1) is 11.3 Å². The smallest absolute Gasteiger partial charge is 0.222 e. The highest BCUT2D eigenvalue weighted by Gasteiger charge is 2.30. The number of nitrogens with zero attached hydrogens (tertiary/aromatic N) is 6. The summed E-state index contributed by atoms with van der Waals surface area (Å²) >= 11 is 1.87. The molecule has 1 aliphatic heterocycles. The summed E-state index contributed by atoms with van der Waals surface area (Å²) < 4.78 is 6.66. The van der Waals surface area contributed by atoms with Crippen LogP contribution in [0.2, 0.25) is 0 Å². The van der Waals surface area contributed by atoms with Crippen LogP contribution < -0.4 is 4.90 Å². The third kappa shape index (κ3) is 2.90. The number of imidazole rings is 2. The first kappa shape index (κ1) is 21.1. The molecule has 0 spiro atoms. The van der Waals surface area contributed by atoms with Crippen LogP contribution in [-0.4, -0.2) is 30.0 Å². The van der Waals surface area contributed by atoms with Crippen molar-refractivity contribution < 1.29 is 0 Å². The van der Waals surface area contributed by atoms with Crippen molar-refractivity contribution in [1.82, 2.24) is 23.5 Å². The molecule has 0 bridgehead atoms. The molecule has 8 aromatic rings. The summed E-state index contributed by atoms with van der Waals surface area (Å²) in [5.41, 5.74) is 6.91. The predicted octanol–water partition coefficient (Wildman–Crippen LogP) is 7.53. The highest BCUT2D eigenvalue weighted by atomic mass is 32.1. The minimum absolute atomic E-state index is 0.852. The monoisotopic (exact) mass is 522 g/mol. The van der Waals surface area contributed by atoms with Gasteiger partial charge in [-0.05, 0) is 53.9 Å². The lowest BCUT2D eigenvalue weighted by atomic mass is 10.2. The summed E-state index contributed by atoms with van der Waals surface area (Å²) in [5, 5.41) is 1.20. The molecule has 3 aromatic carbocycles. The van der Waals surface area contributed by atoms with Gasteiger partial charge in [0.2, 0.25) is 5.78 Å². The molecular weight excluding hydrogens is 500 g/mol. The molecule has 1 aliphatic rings. The highest BCUT2D eigenvalue weighted by Crippen LogP contribution is 2.46. The molecule has 39 heavy (non-hydrogen) atoms. The molecule has 0 saturated heterocycles. The van der Waals surface area contributed by atoms with Gasteiger partial charge < -0.3 is 9.47 Å². The van der Waals surface area contributed by atoms with Crippen LogP contribution in [-0.2, 0) is 6.42 Å². The normalized spacial score (nSPS) is 13.4. The second-order valence-corrected chi connectivity index (χ2v) is 11.0. The minimum Gasteiger partial charge on any atom is -0.338 e. The van der Waals surface area contributed by atoms with Crippen molar-refractivity contribution in [3.8, 4) is 11.6 Å². The van der Waals surface area contributed by atoms with Gasteiger partial charge in [-0.1, -0.05) is 54.6 Å². The van der Waals surface area contributed by atoms with E-state index in [1.165, 1.54) is 26.5 Å². The number of hydrogen-bond acceptors (Lipinski definition) is 4. The topological polar surface area (TPSA) is 43.3 Å². The van der Waals surface area contributed by atoms with Crippen molar-refractivity contribution in [3.63, 3.8) is 0 Å². The van der Waals surface area contributed by atoms with Crippen molar-refractivity contribution in [1.29, 1.82) is 0 Å². The van der Waals surface area contributed by atoms with Crippen LogP contribution in [0.25, 0.3) is 49.7 Å². The first-order chi connectivity index (χ1) is 19.3. The van der Waals surface area contributed by atoms with E-state index in [4.69, 9.17) is 9.97 Å². The Morgan fingerprint density at radius 3 is 2.33 bits per heavy atom. The zero-order valence-corrected chi connectivity index (χ0v) is 21.7. The highest BCUT2D eigenvalue weighted by molar-refractivity contribution is 7.19. The number of thiophene rings is 1. The lowest BCUT2D eigenvalue weighted by Crippen LogP contribution is -2.13. The van der Waals surface area contributed by atoms with Crippen LogP contribution in [0.3, 0.4) is 0 Å². The Balaban J connectivity index is 1.29. The molecule has 0 N–H and O–H groups in total. The molecule has 0 aliphatic carbocycles. The van der Waals surface area contributed by atoms with Gasteiger partial charge in [-0.2, -0.15) is 0 Å². The van der Waals surface area contributed by atoms with Gasteiger partial charge in [0, 0.05) is 29.7 Å². The van der Waals surface area contributed by atoms with E-state index in [-0.39, 0.29) is 0 Å². The SMILES string of the molecule is c1ccc(N2CCc3sc4c(nc5n(-c6cccc(-n7ccc8ccccc87)n6)c6ccccc6n45)c32)cc1. The standard InChI is InChI=1S/C32H22N6S/c1-2-10-22(11-3-1)35-20-18-26-30(35)29-31(39-26)38-25-14-7-6-13-24(25)37(32(38)34-29)28-16-8-15-27(33-28)36-19-17-21-9-4-5-12-23(21)36/h1-17,19H,18,20H2. The lowest BCUT2D eigenvalue weighted by molar-refractivity contribution is 0.981. The Labute approximate surface area is 227 Å². The van der Waals surface area contributed by atoms with Gasteiger partial charge in [0.05, 0.1) is 22.2 Å². The number of pyridine rings is 1. The quantitative estimate of drug-likeness (QED) is 0.241. The van der Waals surface area contributed by atoms with Gasteiger partial charge in [0.15, 0.2) is 0 Å². The summed E-state index contributed by atoms with van der Waals surface area (Å²) in [6.07, 6.45) is 3.13. The fraction of sp³-hybridized carbons (Fsp3) is 0.0625. The number of aromatic nitrogens is 5. The van der Waals surface area contributed by atoms with Gasteiger partial charge in [0.25, 0.3) is 0 Å². The van der Waals surface area contributed by atoms with E-state index in [0.717, 1.165) is 52.4 Å². The van der Waals surface area contributed by atoms with E-state index in [1.54, 1.807) is 0 Å². The third-order valence-electron chi connectivity index (χ3n) is 7.78. The second kappa shape index (κ2) is 7.82. The minimum atomic E-state index is 0.852. The fourth-order valence-corrected chi connectivity index (χ4v) is 7.32. The van der Waals surface area contributed by atoms with Gasteiger partial charge in [0.1, 0.15) is 22.0 Å². The molecular formula is C32H22N6S. The maximum atomic E-state index is 5.33. The number of anilines is 2. The van der Waals surface area contributed by atoms with Gasteiger partial charge >= 0.3 is 0 Å². The van der Waals surface area contributed by atoms with E-state index >= 15 is 0 Å². The number of hydrogen-bond donors (Lipinski definition) is 0. The van der Waals surface area contributed by atoms with Crippen molar-refractivity contribution in [2.75, 3.05) is 11.4 Å². The first-order valence-electron chi connectivity index (χ1n) is 13.1. The molecule has 0 saturated carbocycles. The van der Waals surface area contributed by atoms with Gasteiger partial charge in [-0.3, -0.25) is 8.97 Å². The summed E-state index contributed by atoms with van der Waals surface area (Å²) in [6, 6.07) is 35.9. The van der Waals surface area contributed by atoms with Crippen molar-refractivity contribution in [2.45, 2.75) is 6.42 Å². The summed E-state index contributed by atoms with van der Waals surface area (Å²) in [7, 11) is 0. The molecule has 0 unspecified atom stereocenters. The molecule has 0 amide bonds. The third-order valence-corrected chi connectivity index (χ3v) is 9.00. The van der Waals surface area contributed by atoms with Crippen LogP contribution in [0.4, 0.5) is 11.4 Å². The van der Waals surface area contributed by atoms with Crippen LogP contribution in [0.1, 0.15) is 4.88 Å². The Bertz CT molecular complexity index is 2200. The maximum absolute atomic E-state index is 5.33. The van der Waals surface area contributed by atoms with Crippen LogP contribution in [0.15, 0.2) is 109 Å². The molecule has 5 aromatic heterocycles. The van der Waals surface area contributed by atoms with Crippen LogP contribution in [0, 0.1) is 0 Å². The molecule has 0 fully saturated rings. The zero-order valence-electron chi connectivity index (χ0n) is 20.9. The van der Waals surface area contributed by atoms with E-state index in [1.807, 2.05) is 11.3 Å².